The highest BCUT2D eigenvalue weighted by Crippen LogP contribution is 2.28. The minimum atomic E-state index is -0.653. The van der Waals surface area contributed by atoms with Crippen LogP contribution in [0.2, 0.25) is 0 Å². The quantitative estimate of drug-likeness (QED) is 0.258. The fourth-order valence-electron chi connectivity index (χ4n) is 1.40. The van der Waals surface area contributed by atoms with Crippen LogP contribution >= 0.6 is 0 Å². The van der Waals surface area contributed by atoms with E-state index in [1.165, 1.54) is 13.2 Å². The summed E-state index contributed by atoms with van der Waals surface area (Å²) in [6.07, 6.45) is 1.46. The Balaban J connectivity index is 6.02. The highest BCUT2D eigenvalue weighted by molar-refractivity contribution is 5.89. The van der Waals surface area contributed by atoms with E-state index in [2.05, 4.69) is 4.74 Å². The lowest BCUT2D eigenvalue weighted by Crippen LogP contribution is -2.17. The summed E-state index contributed by atoms with van der Waals surface area (Å²) in [5.74, 6) is -0.934. The van der Waals surface area contributed by atoms with Crippen LogP contribution in [0.4, 0.5) is 0 Å². The molecular formula is C14H23NO4. The van der Waals surface area contributed by atoms with E-state index in [1.54, 1.807) is 13.8 Å². The van der Waals surface area contributed by atoms with Gasteiger partial charge in [-0.1, -0.05) is 40.2 Å². The van der Waals surface area contributed by atoms with Gasteiger partial charge in [0.25, 0.3) is 5.70 Å². The average Bonchev–Trinajstić information content (AvgIpc) is 2.25. The third kappa shape index (κ3) is 4.85. The molecule has 0 aliphatic carbocycles. The van der Waals surface area contributed by atoms with Gasteiger partial charge in [0, 0.05) is 6.08 Å². The molecule has 0 aliphatic heterocycles. The molecule has 0 aliphatic rings. The van der Waals surface area contributed by atoms with E-state index >= 15 is 0 Å². The number of hydrogen-bond acceptors (Lipinski definition) is 4. The molecule has 0 unspecified atom stereocenters. The van der Waals surface area contributed by atoms with Crippen molar-refractivity contribution in [2.75, 3.05) is 7.11 Å². The molecule has 0 aromatic rings. The van der Waals surface area contributed by atoms with Crippen molar-refractivity contribution in [3.05, 3.63) is 33.0 Å². The van der Waals surface area contributed by atoms with Crippen LogP contribution in [0.25, 0.3) is 0 Å². The molecular weight excluding hydrogens is 246 g/mol. The van der Waals surface area contributed by atoms with Crippen molar-refractivity contribution < 1.29 is 14.5 Å². The molecule has 5 nitrogen and oxygen atoms in total. The molecule has 19 heavy (non-hydrogen) atoms. The second-order valence-corrected chi connectivity index (χ2v) is 5.78. The van der Waals surface area contributed by atoms with Crippen LogP contribution in [0, 0.1) is 21.4 Å². The molecule has 0 fully saturated rings. The SMILES string of the molecule is COC(=O)/C(=C(/C=C(\C)C(C)(C)C)[N+](=O)[O-])C(C)C. The highest BCUT2D eigenvalue weighted by atomic mass is 16.6. The molecule has 0 rings (SSSR count). The second-order valence-electron chi connectivity index (χ2n) is 5.78. The van der Waals surface area contributed by atoms with Crippen LogP contribution in [0.15, 0.2) is 22.9 Å². The summed E-state index contributed by atoms with van der Waals surface area (Å²) in [5.41, 5.74) is 0.547. The predicted molar refractivity (Wildman–Crippen MR) is 74.1 cm³/mol. The summed E-state index contributed by atoms with van der Waals surface area (Å²) in [7, 11) is 1.22. The first-order chi connectivity index (χ1) is 8.52. The zero-order valence-electron chi connectivity index (χ0n) is 12.7. The van der Waals surface area contributed by atoms with E-state index in [4.69, 9.17) is 0 Å². The number of esters is 1. The van der Waals surface area contributed by atoms with Gasteiger partial charge in [-0.25, -0.2) is 4.79 Å². The molecule has 108 valence electrons. The van der Waals surface area contributed by atoms with Crippen LogP contribution in [0.1, 0.15) is 41.5 Å². The van der Waals surface area contributed by atoms with Crippen molar-refractivity contribution in [3.63, 3.8) is 0 Å². The monoisotopic (exact) mass is 269 g/mol. The van der Waals surface area contributed by atoms with Gasteiger partial charge in [0.1, 0.15) is 5.57 Å². The number of carbonyl (C=O) groups excluding carboxylic acids is 1. The van der Waals surface area contributed by atoms with Gasteiger partial charge in [0.05, 0.1) is 12.0 Å². The Morgan fingerprint density at radius 3 is 2.05 bits per heavy atom. The van der Waals surface area contributed by atoms with Gasteiger partial charge in [-0.15, -0.1) is 0 Å². The van der Waals surface area contributed by atoms with Crippen LogP contribution in [-0.4, -0.2) is 18.0 Å². The number of nitro groups is 1. The molecule has 0 aromatic heterocycles. The molecule has 5 heteroatoms. The maximum Gasteiger partial charge on any atom is 0.340 e. The Morgan fingerprint density at radius 1 is 1.32 bits per heavy atom. The van der Waals surface area contributed by atoms with Crippen molar-refractivity contribution in [2.24, 2.45) is 11.3 Å². The van der Waals surface area contributed by atoms with Crippen LogP contribution in [0.3, 0.4) is 0 Å². The molecule has 0 N–H and O–H groups in total. The fraction of sp³-hybridized carbons (Fsp3) is 0.643. The highest BCUT2D eigenvalue weighted by Gasteiger charge is 2.27. The third-order valence-corrected chi connectivity index (χ3v) is 2.99. The first kappa shape index (κ1) is 17.4. The summed E-state index contributed by atoms with van der Waals surface area (Å²) in [4.78, 5) is 22.4. The summed E-state index contributed by atoms with van der Waals surface area (Å²) in [5, 5.41) is 11.2. The Kier molecular flexibility index (Phi) is 5.93. The molecule has 0 amide bonds. The standard InChI is InChI=1S/C14H23NO4/c1-9(2)12(13(16)19-7)11(15(17)18)8-10(3)14(4,5)6/h8-9H,1-7H3/b10-8+,12-11-. The summed E-state index contributed by atoms with van der Waals surface area (Å²) >= 11 is 0. The minimum Gasteiger partial charge on any atom is -0.465 e. The first-order valence-corrected chi connectivity index (χ1v) is 6.18. The van der Waals surface area contributed by atoms with E-state index in [1.807, 2.05) is 27.7 Å². The van der Waals surface area contributed by atoms with E-state index in [9.17, 15) is 14.9 Å². The van der Waals surface area contributed by atoms with Gasteiger partial charge < -0.3 is 4.74 Å². The minimum absolute atomic E-state index is 0.0936. The van der Waals surface area contributed by atoms with E-state index < -0.39 is 10.9 Å². The Bertz CT molecular complexity index is 425. The molecule has 0 aromatic carbocycles. The number of nitrogens with zero attached hydrogens (tertiary/aromatic N) is 1. The van der Waals surface area contributed by atoms with Gasteiger partial charge >= 0.3 is 5.97 Å². The van der Waals surface area contributed by atoms with Gasteiger partial charge in [-0.2, -0.15) is 0 Å². The number of hydrogen-bond donors (Lipinski definition) is 0. The molecule has 0 atom stereocenters. The zero-order valence-corrected chi connectivity index (χ0v) is 12.7. The van der Waals surface area contributed by atoms with E-state index in [0.717, 1.165) is 5.57 Å². The number of ether oxygens (including phenoxy) is 1. The molecule has 0 saturated heterocycles. The Labute approximate surface area is 114 Å². The summed E-state index contributed by atoms with van der Waals surface area (Å²) in [6, 6.07) is 0. The van der Waals surface area contributed by atoms with E-state index in [0.29, 0.717) is 0 Å². The van der Waals surface area contributed by atoms with Gasteiger partial charge in [-0.3, -0.25) is 10.1 Å². The zero-order chi connectivity index (χ0) is 15.4. The number of allylic oxidation sites excluding steroid dienone is 2. The van der Waals surface area contributed by atoms with Crippen molar-refractivity contribution >= 4 is 5.97 Å². The molecule has 0 heterocycles. The largest absolute Gasteiger partial charge is 0.465 e. The first-order valence-electron chi connectivity index (χ1n) is 6.18. The van der Waals surface area contributed by atoms with Gasteiger partial charge in [0.2, 0.25) is 0 Å². The van der Waals surface area contributed by atoms with Crippen LogP contribution < -0.4 is 0 Å². The molecule has 0 saturated carbocycles. The smallest absolute Gasteiger partial charge is 0.340 e. The summed E-state index contributed by atoms with van der Waals surface area (Å²) in [6.45, 7) is 11.2. The van der Waals surface area contributed by atoms with Crippen LogP contribution in [0.5, 0.6) is 0 Å². The molecule has 0 radical (unpaired) electrons. The predicted octanol–water partition coefficient (Wildman–Crippen LogP) is 3.34. The third-order valence-electron chi connectivity index (χ3n) is 2.99. The molecule has 0 spiro atoms. The number of carbonyl (C=O) groups is 1. The van der Waals surface area contributed by atoms with E-state index in [-0.39, 0.29) is 22.6 Å². The summed E-state index contributed by atoms with van der Waals surface area (Å²) < 4.78 is 4.64. The lowest BCUT2D eigenvalue weighted by atomic mass is 9.86. The number of methoxy groups -OCH3 is 1. The maximum atomic E-state index is 11.7. The Morgan fingerprint density at radius 2 is 1.79 bits per heavy atom. The second kappa shape index (κ2) is 6.50. The maximum absolute atomic E-state index is 11.7. The van der Waals surface area contributed by atoms with Gasteiger partial charge in [-0.05, 0) is 18.3 Å². The number of rotatable bonds is 4. The average molecular weight is 269 g/mol. The lowest BCUT2D eigenvalue weighted by Gasteiger charge is -2.19. The normalized spacial score (nSPS) is 14.2. The Hall–Kier alpha value is -1.65. The van der Waals surface area contributed by atoms with Crippen molar-refractivity contribution in [2.45, 2.75) is 41.5 Å². The molecule has 0 bridgehead atoms. The van der Waals surface area contributed by atoms with Crippen molar-refractivity contribution in [1.29, 1.82) is 0 Å². The topological polar surface area (TPSA) is 69.4 Å². The van der Waals surface area contributed by atoms with Crippen LogP contribution in [-0.2, 0) is 9.53 Å². The van der Waals surface area contributed by atoms with Gasteiger partial charge in [0.15, 0.2) is 0 Å². The van der Waals surface area contributed by atoms with Crippen molar-refractivity contribution in [3.8, 4) is 0 Å². The lowest BCUT2D eigenvalue weighted by molar-refractivity contribution is -0.420. The van der Waals surface area contributed by atoms with Crippen molar-refractivity contribution in [1.82, 2.24) is 0 Å². The fourth-order valence-corrected chi connectivity index (χ4v) is 1.40.